The van der Waals surface area contributed by atoms with Gasteiger partial charge < -0.3 is 19.5 Å². The molecule has 1 aromatic rings. The van der Waals surface area contributed by atoms with Crippen LogP contribution in [0.5, 0.6) is 5.75 Å². The number of hydrogen-bond donors (Lipinski definition) is 1. The number of ether oxygens (including phenoxy) is 3. The average Bonchev–Trinajstić information content (AvgIpc) is 2.55. The molecule has 6 nitrogen and oxygen atoms in total. The lowest BCUT2D eigenvalue weighted by Crippen LogP contribution is -2.13. The molecule has 6 heteroatoms. The van der Waals surface area contributed by atoms with Gasteiger partial charge in [0.25, 0.3) is 0 Å². The van der Waals surface area contributed by atoms with Gasteiger partial charge in [0.1, 0.15) is 19.0 Å². The number of unbranched alkanes of at least 4 members (excludes halogenated alkanes) is 2. The quantitative estimate of drug-likeness (QED) is 0.468. The zero-order valence-electron chi connectivity index (χ0n) is 14.5. The van der Waals surface area contributed by atoms with Crippen molar-refractivity contribution < 1.29 is 23.8 Å². The highest BCUT2D eigenvalue weighted by molar-refractivity contribution is 5.88. The molecule has 0 aromatic heterocycles. The summed E-state index contributed by atoms with van der Waals surface area (Å²) in [4.78, 5) is 22.3. The molecule has 24 heavy (non-hydrogen) atoms. The Hall–Kier alpha value is -2.08. The fraction of sp³-hybridized carbons (Fsp3) is 0.556. The Bertz CT molecular complexity index is 487. The van der Waals surface area contributed by atoms with E-state index in [4.69, 9.17) is 14.2 Å². The third kappa shape index (κ3) is 9.84. The van der Waals surface area contributed by atoms with Gasteiger partial charge in [-0.1, -0.05) is 19.8 Å². The lowest BCUT2D eigenvalue weighted by Gasteiger charge is -2.09. The molecule has 0 radical (unpaired) electrons. The van der Waals surface area contributed by atoms with Crippen LogP contribution in [0.25, 0.3) is 0 Å². The summed E-state index contributed by atoms with van der Waals surface area (Å²) in [5, 5.41) is 2.69. The molecular weight excluding hydrogens is 310 g/mol. The van der Waals surface area contributed by atoms with Gasteiger partial charge in [-0.25, -0.2) is 0 Å². The van der Waals surface area contributed by atoms with Crippen LogP contribution < -0.4 is 10.1 Å². The van der Waals surface area contributed by atoms with Crippen LogP contribution in [0.2, 0.25) is 0 Å². The van der Waals surface area contributed by atoms with E-state index in [0.717, 1.165) is 24.9 Å². The van der Waals surface area contributed by atoms with Crippen LogP contribution in [0.15, 0.2) is 24.3 Å². The topological polar surface area (TPSA) is 73.9 Å². The Balaban J connectivity index is 2.02. The number of anilines is 1. The van der Waals surface area contributed by atoms with E-state index in [1.54, 1.807) is 24.3 Å². The Labute approximate surface area is 143 Å². The van der Waals surface area contributed by atoms with Gasteiger partial charge in [0, 0.05) is 19.0 Å². The van der Waals surface area contributed by atoms with E-state index in [-0.39, 0.29) is 18.5 Å². The molecule has 1 aromatic carbocycles. The number of carbonyl (C=O) groups excluding carboxylic acids is 2. The van der Waals surface area contributed by atoms with E-state index in [9.17, 15) is 9.59 Å². The summed E-state index contributed by atoms with van der Waals surface area (Å²) in [6.45, 7) is 5.02. The minimum absolute atomic E-state index is 0.108. The maximum atomic E-state index is 11.4. The van der Waals surface area contributed by atoms with Gasteiger partial charge in [-0.05, 0) is 30.7 Å². The van der Waals surface area contributed by atoms with E-state index >= 15 is 0 Å². The fourth-order valence-electron chi connectivity index (χ4n) is 1.96. The number of carbonyl (C=O) groups is 2. The van der Waals surface area contributed by atoms with Crippen LogP contribution in [0.1, 0.15) is 39.5 Å². The highest BCUT2D eigenvalue weighted by Gasteiger charge is 2.02. The minimum Gasteiger partial charge on any atom is -0.491 e. The van der Waals surface area contributed by atoms with Crippen molar-refractivity contribution in [2.24, 2.45) is 0 Å². The number of hydrogen-bond acceptors (Lipinski definition) is 5. The van der Waals surface area contributed by atoms with Crippen molar-refractivity contribution in [2.45, 2.75) is 39.5 Å². The fourth-order valence-corrected chi connectivity index (χ4v) is 1.96. The van der Waals surface area contributed by atoms with Crippen LogP contribution in [-0.2, 0) is 19.1 Å². The number of nitrogens with one attached hydrogen (secondary N) is 1. The molecule has 0 aliphatic heterocycles. The van der Waals surface area contributed by atoms with E-state index in [1.807, 2.05) is 0 Å². The van der Waals surface area contributed by atoms with Gasteiger partial charge in [0.05, 0.1) is 13.2 Å². The first-order valence-electron chi connectivity index (χ1n) is 8.35. The standard InChI is InChI=1S/C18H27NO5/c1-3-4-5-6-18(21)24-14-12-22-11-13-23-17-9-7-16(8-10-17)19-15(2)20/h7-10H,3-6,11-14H2,1-2H3,(H,19,20). The Kier molecular flexibility index (Phi) is 10.3. The number of rotatable bonds is 12. The minimum atomic E-state index is -0.164. The van der Waals surface area contributed by atoms with E-state index in [0.29, 0.717) is 32.0 Å². The lowest BCUT2D eigenvalue weighted by molar-refractivity contribution is -0.145. The summed E-state index contributed by atoms with van der Waals surface area (Å²) < 4.78 is 15.9. The molecule has 0 aliphatic rings. The lowest BCUT2D eigenvalue weighted by atomic mass is 10.2. The first-order valence-corrected chi connectivity index (χ1v) is 8.35. The first kappa shape index (κ1) is 20.0. The number of benzene rings is 1. The van der Waals surface area contributed by atoms with E-state index < -0.39 is 0 Å². The van der Waals surface area contributed by atoms with Crippen molar-refractivity contribution in [2.75, 3.05) is 31.7 Å². The van der Waals surface area contributed by atoms with Gasteiger partial charge in [-0.3, -0.25) is 9.59 Å². The summed E-state index contributed by atoms with van der Waals surface area (Å²) in [5.41, 5.74) is 0.729. The summed E-state index contributed by atoms with van der Waals surface area (Å²) in [5.74, 6) is 0.431. The predicted molar refractivity (Wildman–Crippen MR) is 92.2 cm³/mol. The maximum Gasteiger partial charge on any atom is 0.305 e. The Morgan fingerprint density at radius 3 is 2.38 bits per heavy atom. The van der Waals surface area contributed by atoms with Crippen molar-refractivity contribution in [1.82, 2.24) is 0 Å². The highest BCUT2D eigenvalue weighted by Crippen LogP contribution is 2.15. The molecule has 0 atom stereocenters. The molecule has 1 N–H and O–H groups in total. The van der Waals surface area contributed by atoms with E-state index in [2.05, 4.69) is 12.2 Å². The zero-order valence-corrected chi connectivity index (χ0v) is 14.5. The first-order chi connectivity index (χ1) is 11.6. The van der Waals surface area contributed by atoms with Crippen LogP contribution in [0.4, 0.5) is 5.69 Å². The molecule has 0 saturated heterocycles. The molecule has 0 aliphatic carbocycles. The van der Waals surface area contributed by atoms with Gasteiger partial charge in [-0.2, -0.15) is 0 Å². The summed E-state index contributed by atoms with van der Waals surface area (Å²) in [7, 11) is 0. The van der Waals surface area contributed by atoms with Crippen LogP contribution >= 0.6 is 0 Å². The average molecular weight is 337 g/mol. The second-order valence-corrected chi connectivity index (χ2v) is 5.34. The third-order valence-electron chi connectivity index (χ3n) is 3.15. The molecule has 0 saturated carbocycles. The Morgan fingerprint density at radius 1 is 1.00 bits per heavy atom. The maximum absolute atomic E-state index is 11.4. The van der Waals surface area contributed by atoms with Gasteiger partial charge in [0.15, 0.2) is 0 Å². The number of amides is 1. The van der Waals surface area contributed by atoms with E-state index in [1.165, 1.54) is 6.92 Å². The molecule has 134 valence electrons. The molecule has 0 heterocycles. The highest BCUT2D eigenvalue weighted by atomic mass is 16.6. The summed E-state index contributed by atoms with van der Waals surface area (Å²) >= 11 is 0. The molecule has 1 rings (SSSR count). The molecule has 0 spiro atoms. The van der Waals surface area contributed by atoms with Crippen LogP contribution in [0, 0.1) is 0 Å². The molecule has 0 unspecified atom stereocenters. The smallest absolute Gasteiger partial charge is 0.305 e. The molecule has 0 fully saturated rings. The second-order valence-electron chi connectivity index (χ2n) is 5.34. The van der Waals surface area contributed by atoms with Crippen LogP contribution in [0.3, 0.4) is 0 Å². The monoisotopic (exact) mass is 337 g/mol. The summed E-state index contributed by atoms with van der Waals surface area (Å²) in [6, 6.07) is 7.11. The molecule has 0 bridgehead atoms. The zero-order chi connectivity index (χ0) is 17.6. The molecular formula is C18H27NO5. The SMILES string of the molecule is CCCCCC(=O)OCCOCCOc1ccc(NC(C)=O)cc1. The van der Waals surface area contributed by atoms with Gasteiger partial charge >= 0.3 is 5.97 Å². The normalized spacial score (nSPS) is 10.2. The second kappa shape index (κ2) is 12.4. The van der Waals surface area contributed by atoms with Gasteiger partial charge in [0.2, 0.25) is 5.91 Å². The van der Waals surface area contributed by atoms with Crippen molar-refractivity contribution in [3.8, 4) is 5.75 Å². The van der Waals surface area contributed by atoms with Crippen molar-refractivity contribution in [3.63, 3.8) is 0 Å². The largest absolute Gasteiger partial charge is 0.491 e. The predicted octanol–water partition coefficient (Wildman–Crippen LogP) is 3.16. The summed E-state index contributed by atoms with van der Waals surface area (Å²) in [6.07, 6.45) is 3.50. The van der Waals surface area contributed by atoms with Crippen molar-refractivity contribution in [3.05, 3.63) is 24.3 Å². The van der Waals surface area contributed by atoms with Crippen molar-refractivity contribution >= 4 is 17.6 Å². The number of esters is 1. The van der Waals surface area contributed by atoms with Crippen LogP contribution in [-0.4, -0.2) is 38.3 Å². The third-order valence-corrected chi connectivity index (χ3v) is 3.15. The molecule has 1 amide bonds. The van der Waals surface area contributed by atoms with Crippen molar-refractivity contribution in [1.29, 1.82) is 0 Å². The Morgan fingerprint density at radius 2 is 1.71 bits per heavy atom. The van der Waals surface area contributed by atoms with Gasteiger partial charge in [-0.15, -0.1) is 0 Å².